The van der Waals surface area contributed by atoms with Crippen molar-refractivity contribution < 1.29 is 9.16 Å². The maximum Gasteiger partial charge on any atom is 0.250 e. The zero-order chi connectivity index (χ0) is 16.3. The molecule has 0 bridgehead atoms. The molecule has 2 N–H and O–H groups in total. The van der Waals surface area contributed by atoms with Gasteiger partial charge in [-0.3, -0.25) is 0 Å². The third-order valence-electron chi connectivity index (χ3n) is 4.29. The van der Waals surface area contributed by atoms with Crippen molar-refractivity contribution in [1.29, 1.82) is 0 Å². The summed E-state index contributed by atoms with van der Waals surface area (Å²) < 4.78 is 11.9. The summed E-state index contributed by atoms with van der Waals surface area (Å²) >= 11 is 0. The van der Waals surface area contributed by atoms with Crippen LogP contribution in [0, 0.1) is 0 Å². The second kappa shape index (κ2) is 6.84. The van der Waals surface area contributed by atoms with Gasteiger partial charge in [-0.15, -0.1) is 0 Å². The number of hydrogen-bond acceptors (Lipinski definition) is 3. The smallest absolute Gasteiger partial charge is 0.250 e. The zero-order valence-electron chi connectivity index (χ0n) is 14.6. The molecule has 0 amide bonds. The molecule has 0 saturated carbocycles. The molecule has 0 saturated heterocycles. The Morgan fingerprint density at radius 1 is 1.19 bits per heavy atom. The van der Waals surface area contributed by atoms with Crippen molar-refractivity contribution in [3.8, 4) is 11.5 Å². The van der Waals surface area contributed by atoms with Gasteiger partial charge in [-0.1, -0.05) is 26.8 Å². The fourth-order valence-electron chi connectivity index (χ4n) is 1.77. The molecule has 0 spiro atoms. The van der Waals surface area contributed by atoms with Crippen molar-refractivity contribution >= 4 is 8.32 Å². The molecule has 0 heterocycles. The predicted molar refractivity (Wildman–Crippen MR) is 92.8 cm³/mol. The first kappa shape index (κ1) is 18.0. The summed E-state index contributed by atoms with van der Waals surface area (Å²) in [5, 5.41) is 0.172. The van der Waals surface area contributed by atoms with Crippen LogP contribution in [0.15, 0.2) is 18.2 Å². The van der Waals surface area contributed by atoms with Crippen molar-refractivity contribution in [1.82, 2.24) is 0 Å². The number of benzene rings is 1. The van der Waals surface area contributed by atoms with Crippen LogP contribution in [0.1, 0.15) is 39.7 Å². The van der Waals surface area contributed by atoms with Crippen molar-refractivity contribution in [2.45, 2.75) is 64.7 Å². The van der Waals surface area contributed by atoms with Crippen LogP contribution in [0.3, 0.4) is 0 Å². The number of ether oxygens (including phenoxy) is 1. The molecule has 120 valence electrons. The molecule has 1 unspecified atom stereocenters. The highest BCUT2D eigenvalue weighted by Crippen LogP contribution is 2.40. The molecular formula is C17H31NO2Si. The van der Waals surface area contributed by atoms with Gasteiger partial charge in [0.15, 0.2) is 5.75 Å². The topological polar surface area (TPSA) is 44.5 Å². The Morgan fingerprint density at radius 2 is 1.81 bits per heavy atom. The fourth-order valence-corrected chi connectivity index (χ4v) is 2.80. The molecule has 21 heavy (non-hydrogen) atoms. The molecule has 0 aliphatic heterocycles. The van der Waals surface area contributed by atoms with E-state index in [2.05, 4.69) is 46.0 Å². The number of rotatable bonds is 6. The fraction of sp³-hybridized carbons (Fsp3) is 0.647. The largest absolute Gasteiger partial charge is 0.541 e. The van der Waals surface area contributed by atoms with E-state index in [-0.39, 0.29) is 11.1 Å². The van der Waals surface area contributed by atoms with Gasteiger partial charge in [0.05, 0.1) is 7.11 Å². The van der Waals surface area contributed by atoms with Gasteiger partial charge < -0.3 is 14.9 Å². The molecule has 3 nitrogen and oxygen atoms in total. The van der Waals surface area contributed by atoms with E-state index in [0.717, 1.165) is 24.3 Å². The summed E-state index contributed by atoms with van der Waals surface area (Å²) in [5.74, 6) is 1.68. The van der Waals surface area contributed by atoms with Crippen LogP contribution >= 0.6 is 0 Å². The van der Waals surface area contributed by atoms with Crippen LogP contribution in [-0.4, -0.2) is 21.5 Å². The maximum atomic E-state index is 6.36. The lowest BCUT2D eigenvalue weighted by Crippen LogP contribution is -2.43. The van der Waals surface area contributed by atoms with Crippen LogP contribution in [0.2, 0.25) is 18.1 Å². The Hall–Kier alpha value is -1.00. The van der Waals surface area contributed by atoms with Gasteiger partial charge in [0.1, 0.15) is 5.75 Å². The highest BCUT2D eigenvalue weighted by Gasteiger charge is 2.39. The van der Waals surface area contributed by atoms with Crippen LogP contribution in [0.25, 0.3) is 0 Å². The van der Waals surface area contributed by atoms with E-state index in [1.54, 1.807) is 7.11 Å². The average molecular weight is 310 g/mol. The Balaban J connectivity index is 2.94. The monoisotopic (exact) mass is 309 g/mol. The van der Waals surface area contributed by atoms with E-state index in [1.165, 1.54) is 5.56 Å². The normalized spacial score (nSPS) is 13.9. The molecule has 0 aliphatic carbocycles. The molecule has 4 heteroatoms. The second-order valence-electron chi connectivity index (χ2n) is 7.36. The summed E-state index contributed by atoms with van der Waals surface area (Å²) in [5.41, 5.74) is 7.06. The van der Waals surface area contributed by atoms with Gasteiger partial charge in [0, 0.05) is 6.04 Å². The molecular weight excluding hydrogens is 278 g/mol. The van der Waals surface area contributed by atoms with E-state index < -0.39 is 8.32 Å². The third-order valence-corrected chi connectivity index (χ3v) is 8.63. The van der Waals surface area contributed by atoms with Crippen LogP contribution in [-0.2, 0) is 6.42 Å². The Bertz CT molecular complexity index is 464. The van der Waals surface area contributed by atoms with Crippen LogP contribution < -0.4 is 14.9 Å². The van der Waals surface area contributed by atoms with E-state index in [4.69, 9.17) is 14.9 Å². The van der Waals surface area contributed by atoms with Crippen LogP contribution in [0.4, 0.5) is 0 Å². The standard InChI is InChI=1S/C17H31NO2Si/c1-13(18)8-9-14-10-11-15(16(12-14)19-5)20-21(6,7)17(2,3)4/h10-13H,8-9,18H2,1-7H3. The maximum absolute atomic E-state index is 6.36. The van der Waals surface area contributed by atoms with Crippen LogP contribution in [0.5, 0.6) is 11.5 Å². The molecule has 0 aliphatic rings. The lowest BCUT2D eigenvalue weighted by Gasteiger charge is -2.36. The van der Waals surface area contributed by atoms with Gasteiger partial charge in [0.25, 0.3) is 8.32 Å². The number of methoxy groups -OCH3 is 1. The minimum Gasteiger partial charge on any atom is -0.541 e. The van der Waals surface area contributed by atoms with E-state index in [9.17, 15) is 0 Å². The Kier molecular flexibility index (Phi) is 5.88. The first-order valence-corrected chi connectivity index (χ1v) is 10.6. The van der Waals surface area contributed by atoms with Gasteiger partial charge >= 0.3 is 0 Å². The second-order valence-corrected chi connectivity index (χ2v) is 12.1. The number of hydrogen-bond donors (Lipinski definition) is 1. The van der Waals surface area contributed by atoms with E-state index in [0.29, 0.717) is 0 Å². The SMILES string of the molecule is COc1cc(CCC(C)N)ccc1O[Si](C)(C)C(C)(C)C. The summed E-state index contributed by atoms with van der Waals surface area (Å²) in [6.07, 6.45) is 1.94. The molecule has 0 radical (unpaired) electrons. The summed E-state index contributed by atoms with van der Waals surface area (Å²) in [7, 11) is -0.150. The number of aryl methyl sites for hydroxylation is 1. The van der Waals surface area contributed by atoms with Crippen molar-refractivity contribution in [2.75, 3.05) is 7.11 Å². The minimum atomic E-state index is -1.85. The lowest BCUT2D eigenvalue weighted by molar-refractivity contribution is 0.385. The molecule has 1 aromatic rings. The van der Waals surface area contributed by atoms with Gasteiger partial charge in [-0.2, -0.15) is 0 Å². The molecule has 0 aromatic heterocycles. The van der Waals surface area contributed by atoms with Gasteiger partial charge in [0.2, 0.25) is 0 Å². The lowest BCUT2D eigenvalue weighted by atomic mass is 10.1. The first-order valence-electron chi connectivity index (χ1n) is 7.68. The average Bonchev–Trinajstić information content (AvgIpc) is 2.35. The Labute approximate surface area is 131 Å². The molecule has 1 rings (SSSR count). The van der Waals surface area contributed by atoms with Crippen molar-refractivity contribution in [3.63, 3.8) is 0 Å². The highest BCUT2D eigenvalue weighted by molar-refractivity contribution is 6.74. The van der Waals surface area contributed by atoms with E-state index >= 15 is 0 Å². The highest BCUT2D eigenvalue weighted by atomic mass is 28.4. The molecule has 0 fully saturated rings. The summed E-state index contributed by atoms with van der Waals surface area (Å²) in [6, 6.07) is 6.45. The zero-order valence-corrected chi connectivity index (χ0v) is 15.6. The van der Waals surface area contributed by atoms with Gasteiger partial charge in [-0.05, 0) is 55.6 Å². The first-order chi connectivity index (χ1) is 9.56. The van der Waals surface area contributed by atoms with Gasteiger partial charge in [-0.25, -0.2) is 0 Å². The van der Waals surface area contributed by atoms with Crippen molar-refractivity contribution in [2.24, 2.45) is 5.73 Å². The Morgan fingerprint density at radius 3 is 2.29 bits per heavy atom. The van der Waals surface area contributed by atoms with Crippen molar-refractivity contribution in [3.05, 3.63) is 23.8 Å². The summed E-state index contributed by atoms with van der Waals surface area (Å²) in [6.45, 7) is 13.2. The third kappa shape index (κ3) is 5.04. The summed E-state index contributed by atoms with van der Waals surface area (Å²) in [4.78, 5) is 0. The quantitative estimate of drug-likeness (QED) is 0.794. The predicted octanol–water partition coefficient (Wildman–Crippen LogP) is 4.36. The number of nitrogens with two attached hydrogens (primary N) is 1. The minimum absolute atomic E-state index is 0.172. The van der Waals surface area contributed by atoms with E-state index in [1.807, 2.05) is 13.0 Å². The molecule has 1 aromatic carbocycles. The molecule has 1 atom stereocenters.